The molecule has 0 aliphatic rings. The summed E-state index contributed by atoms with van der Waals surface area (Å²) in [6, 6.07) is 0. The number of hydrogen-bond acceptors (Lipinski definition) is 3. The predicted molar refractivity (Wildman–Crippen MR) is 88.9 cm³/mol. The lowest BCUT2D eigenvalue weighted by atomic mass is 10.3. The van der Waals surface area contributed by atoms with Crippen molar-refractivity contribution in [3.05, 3.63) is 11.6 Å². The first kappa shape index (κ1) is 18.1. The molecule has 0 saturated heterocycles. The molecule has 0 amide bonds. The van der Waals surface area contributed by atoms with Crippen LogP contribution in [-0.2, 0) is 13.6 Å². The minimum atomic E-state index is 0. The van der Waals surface area contributed by atoms with Crippen molar-refractivity contribution in [2.45, 2.75) is 40.2 Å². The second kappa shape index (κ2) is 9.99. The Hall–Kier alpha value is -0.860. The highest BCUT2D eigenvalue weighted by Crippen LogP contribution is 1.98. The van der Waals surface area contributed by atoms with E-state index in [2.05, 4.69) is 39.7 Å². The van der Waals surface area contributed by atoms with E-state index in [1.807, 2.05) is 18.5 Å². The molecule has 0 saturated carbocycles. The number of hydrogen-bond donors (Lipinski definition) is 2. The highest BCUT2D eigenvalue weighted by atomic mass is 127. The van der Waals surface area contributed by atoms with Crippen LogP contribution in [-0.4, -0.2) is 33.8 Å². The number of halogens is 1. The van der Waals surface area contributed by atoms with Gasteiger partial charge >= 0.3 is 0 Å². The van der Waals surface area contributed by atoms with Crippen molar-refractivity contribution >= 4 is 29.9 Å². The SMILES string of the molecule is CCCCNC(=NCc1nnc(C)n1C)NCC.I. The van der Waals surface area contributed by atoms with Crippen LogP contribution in [0.25, 0.3) is 0 Å². The van der Waals surface area contributed by atoms with Crippen LogP contribution in [0.4, 0.5) is 0 Å². The fourth-order valence-corrected chi connectivity index (χ4v) is 1.46. The fourth-order valence-electron chi connectivity index (χ4n) is 1.46. The Kier molecular flexibility index (Phi) is 9.54. The zero-order valence-electron chi connectivity index (χ0n) is 12.2. The van der Waals surface area contributed by atoms with E-state index in [0.29, 0.717) is 6.54 Å². The summed E-state index contributed by atoms with van der Waals surface area (Å²) < 4.78 is 1.96. The summed E-state index contributed by atoms with van der Waals surface area (Å²) in [5.41, 5.74) is 0. The van der Waals surface area contributed by atoms with E-state index in [1.54, 1.807) is 0 Å². The molecule has 0 unspecified atom stereocenters. The molecule has 6 nitrogen and oxygen atoms in total. The summed E-state index contributed by atoms with van der Waals surface area (Å²) in [7, 11) is 1.96. The van der Waals surface area contributed by atoms with Gasteiger partial charge in [-0.2, -0.15) is 0 Å². The summed E-state index contributed by atoms with van der Waals surface area (Å²) in [6.45, 7) is 8.51. The molecule has 1 heterocycles. The number of rotatable bonds is 6. The van der Waals surface area contributed by atoms with E-state index in [1.165, 1.54) is 6.42 Å². The third-order valence-electron chi connectivity index (χ3n) is 2.73. The standard InChI is InChI=1S/C12H24N6.HI/c1-5-7-8-14-12(13-6-2)15-9-11-17-16-10(3)18(11)4;/h5-9H2,1-4H3,(H2,13,14,15);1H. The third-order valence-corrected chi connectivity index (χ3v) is 2.73. The second-order valence-electron chi connectivity index (χ2n) is 4.20. The molecule has 110 valence electrons. The minimum absolute atomic E-state index is 0. The van der Waals surface area contributed by atoms with Crippen molar-refractivity contribution in [2.75, 3.05) is 13.1 Å². The maximum Gasteiger partial charge on any atom is 0.191 e. The first-order chi connectivity index (χ1) is 8.69. The Morgan fingerprint density at radius 2 is 2.00 bits per heavy atom. The van der Waals surface area contributed by atoms with Gasteiger partial charge in [0.15, 0.2) is 11.8 Å². The van der Waals surface area contributed by atoms with Gasteiger partial charge in [-0.15, -0.1) is 34.2 Å². The van der Waals surface area contributed by atoms with Gasteiger partial charge in [0, 0.05) is 20.1 Å². The Labute approximate surface area is 132 Å². The minimum Gasteiger partial charge on any atom is -0.357 e. The zero-order chi connectivity index (χ0) is 13.4. The van der Waals surface area contributed by atoms with Crippen molar-refractivity contribution in [3.8, 4) is 0 Å². The predicted octanol–water partition coefficient (Wildman–Crippen LogP) is 1.60. The first-order valence-electron chi connectivity index (χ1n) is 6.56. The molecule has 0 bridgehead atoms. The molecule has 0 spiro atoms. The van der Waals surface area contributed by atoms with Gasteiger partial charge in [0.25, 0.3) is 0 Å². The van der Waals surface area contributed by atoms with E-state index in [-0.39, 0.29) is 24.0 Å². The summed E-state index contributed by atoms with van der Waals surface area (Å²) in [6.07, 6.45) is 2.32. The summed E-state index contributed by atoms with van der Waals surface area (Å²) in [4.78, 5) is 4.50. The first-order valence-corrected chi connectivity index (χ1v) is 6.56. The Bertz CT molecular complexity index is 388. The summed E-state index contributed by atoms with van der Waals surface area (Å²) in [5, 5.41) is 14.6. The van der Waals surface area contributed by atoms with E-state index < -0.39 is 0 Å². The van der Waals surface area contributed by atoms with Gasteiger partial charge in [0.05, 0.1) is 0 Å². The molecule has 2 N–H and O–H groups in total. The lowest BCUT2D eigenvalue weighted by molar-refractivity contribution is 0.721. The number of unbranched alkanes of at least 4 members (excludes halogenated alkanes) is 1. The highest BCUT2D eigenvalue weighted by molar-refractivity contribution is 14.0. The number of nitrogens with zero attached hydrogens (tertiary/aromatic N) is 4. The molecule has 0 aliphatic carbocycles. The lowest BCUT2D eigenvalue weighted by Gasteiger charge is -2.10. The Morgan fingerprint density at radius 3 is 2.53 bits per heavy atom. The number of guanidine groups is 1. The molecular weight excluding hydrogens is 355 g/mol. The van der Waals surface area contributed by atoms with E-state index in [0.717, 1.165) is 37.1 Å². The van der Waals surface area contributed by atoms with Crippen molar-refractivity contribution in [1.29, 1.82) is 0 Å². The smallest absolute Gasteiger partial charge is 0.191 e. The molecule has 19 heavy (non-hydrogen) atoms. The van der Waals surface area contributed by atoms with Crippen molar-refractivity contribution < 1.29 is 0 Å². The van der Waals surface area contributed by atoms with Crippen molar-refractivity contribution in [3.63, 3.8) is 0 Å². The average Bonchev–Trinajstić information content (AvgIpc) is 2.67. The van der Waals surface area contributed by atoms with Gasteiger partial charge in [-0.05, 0) is 20.3 Å². The van der Waals surface area contributed by atoms with Gasteiger partial charge in [-0.25, -0.2) is 4.99 Å². The topological polar surface area (TPSA) is 67.1 Å². The maximum atomic E-state index is 4.50. The molecule has 0 fully saturated rings. The number of aromatic nitrogens is 3. The molecule has 0 aliphatic heterocycles. The van der Waals surface area contributed by atoms with E-state index >= 15 is 0 Å². The van der Waals surface area contributed by atoms with Crippen LogP contribution < -0.4 is 10.6 Å². The van der Waals surface area contributed by atoms with Crippen LogP contribution in [0.1, 0.15) is 38.3 Å². The molecule has 7 heteroatoms. The number of aliphatic imine (C=N–C) groups is 1. The third kappa shape index (κ3) is 6.22. The molecule has 1 aromatic rings. The normalized spacial score (nSPS) is 11.1. The zero-order valence-corrected chi connectivity index (χ0v) is 14.6. The van der Waals surface area contributed by atoms with E-state index in [4.69, 9.17) is 0 Å². The van der Waals surface area contributed by atoms with Crippen molar-refractivity contribution in [2.24, 2.45) is 12.0 Å². The average molecular weight is 380 g/mol. The van der Waals surface area contributed by atoms with Crippen LogP contribution >= 0.6 is 24.0 Å². The van der Waals surface area contributed by atoms with E-state index in [9.17, 15) is 0 Å². The van der Waals surface area contributed by atoms with Gasteiger partial charge < -0.3 is 15.2 Å². The largest absolute Gasteiger partial charge is 0.357 e. The highest BCUT2D eigenvalue weighted by Gasteiger charge is 2.04. The van der Waals surface area contributed by atoms with Crippen LogP contribution in [0.2, 0.25) is 0 Å². The van der Waals surface area contributed by atoms with Gasteiger partial charge in [0.2, 0.25) is 0 Å². The van der Waals surface area contributed by atoms with Crippen LogP contribution in [0.5, 0.6) is 0 Å². The molecule has 1 aromatic heterocycles. The van der Waals surface area contributed by atoms with Crippen LogP contribution in [0.3, 0.4) is 0 Å². The summed E-state index contributed by atoms with van der Waals surface area (Å²) in [5.74, 6) is 2.62. The van der Waals surface area contributed by atoms with Gasteiger partial charge in [0.1, 0.15) is 12.4 Å². The van der Waals surface area contributed by atoms with Crippen LogP contribution in [0, 0.1) is 6.92 Å². The van der Waals surface area contributed by atoms with Crippen LogP contribution in [0.15, 0.2) is 4.99 Å². The fraction of sp³-hybridized carbons (Fsp3) is 0.750. The molecule has 0 aromatic carbocycles. The molecule has 0 atom stereocenters. The number of aryl methyl sites for hydroxylation is 1. The monoisotopic (exact) mass is 380 g/mol. The molecule has 0 radical (unpaired) electrons. The van der Waals surface area contributed by atoms with Gasteiger partial charge in [-0.3, -0.25) is 0 Å². The summed E-state index contributed by atoms with van der Waals surface area (Å²) >= 11 is 0. The van der Waals surface area contributed by atoms with Gasteiger partial charge in [-0.1, -0.05) is 13.3 Å². The maximum absolute atomic E-state index is 4.50. The Morgan fingerprint density at radius 1 is 1.26 bits per heavy atom. The molecule has 1 rings (SSSR count). The second-order valence-corrected chi connectivity index (χ2v) is 4.20. The number of nitrogens with one attached hydrogen (secondary N) is 2. The lowest BCUT2D eigenvalue weighted by Crippen LogP contribution is -2.37. The Balaban J connectivity index is 0.00000324. The molecular formula is C12H25IN6. The quantitative estimate of drug-likeness (QED) is 0.341. The van der Waals surface area contributed by atoms with Crippen molar-refractivity contribution in [1.82, 2.24) is 25.4 Å².